The zero-order valence-electron chi connectivity index (χ0n) is 10.8. The van der Waals surface area contributed by atoms with Crippen LogP contribution < -0.4 is 5.32 Å². The quantitative estimate of drug-likeness (QED) is 0.927. The van der Waals surface area contributed by atoms with E-state index in [1.165, 1.54) is 0 Å². The van der Waals surface area contributed by atoms with E-state index in [0.717, 1.165) is 38.2 Å². The first-order valence-corrected chi connectivity index (χ1v) is 7.30. The first-order valence-electron chi connectivity index (χ1n) is 6.54. The molecule has 0 bridgehead atoms. The minimum atomic E-state index is 0.164. The van der Waals surface area contributed by atoms with Gasteiger partial charge in [0.15, 0.2) is 5.78 Å². The van der Waals surface area contributed by atoms with Crippen LogP contribution in [0, 0.1) is 0 Å². The van der Waals surface area contributed by atoms with Crippen LogP contribution in [0.25, 0.3) is 0 Å². The molecule has 1 aromatic rings. The summed E-state index contributed by atoms with van der Waals surface area (Å²) in [5.41, 5.74) is 0.740. The molecule has 5 heteroatoms. The Kier molecular flexibility index (Phi) is 5.64. The smallest absolute Gasteiger partial charge is 0.151 e. The summed E-state index contributed by atoms with van der Waals surface area (Å²) >= 11 is 12.2. The third-order valence-electron chi connectivity index (χ3n) is 3.27. The Morgan fingerprint density at radius 1 is 1.21 bits per heavy atom. The van der Waals surface area contributed by atoms with Gasteiger partial charge in [-0.3, -0.25) is 9.69 Å². The van der Waals surface area contributed by atoms with Crippen molar-refractivity contribution >= 4 is 29.0 Å². The molecule has 1 aliphatic rings. The highest BCUT2D eigenvalue weighted by atomic mass is 35.5. The van der Waals surface area contributed by atoms with Crippen LogP contribution in [-0.4, -0.2) is 43.4 Å². The Balaban J connectivity index is 1.93. The second-order valence-electron chi connectivity index (χ2n) is 4.80. The maximum absolute atomic E-state index is 12.1. The van der Waals surface area contributed by atoms with Gasteiger partial charge in [0.2, 0.25) is 0 Å². The van der Waals surface area contributed by atoms with E-state index < -0.39 is 0 Å². The van der Waals surface area contributed by atoms with Gasteiger partial charge in [0, 0.05) is 29.6 Å². The van der Waals surface area contributed by atoms with Crippen LogP contribution in [0.3, 0.4) is 0 Å². The average Bonchev–Trinajstić information content (AvgIpc) is 2.63. The zero-order valence-corrected chi connectivity index (χ0v) is 12.3. The van der Waals surface area contributed by atoms with E-state index in [1.807, 2.05) is 0 Å². The molecule has 0 unspecified atom stereocenters. The molecule has 1 heterocycles. The Bertz CT molecular complexity index is 423. The predicted molar refractivity (Wildman–Crippen MR) is 79.1 cm³/mol. The second kappa shape index (κ2) is 7.25. The number of benzene rings is 1. The maximum Gasteiger partial charge on any atom is 0.151 e. The summed E-state index contributed by atoms with van der Waals surface area (Å²) in [6.07, 6.45) is 1.39. The molecule has 1 aromatic carbocycles. The highest BCUT2D eigenvalue weighted by Gasteiger charge is 2.15. The van der Waals surface area contributed by atoms with Crippen molar-refractivity contribution < 1.29 is 4.79 Å². The molecule has 0 atom stereocenters. The van der Waals surface area contributed by atoms with Gasteiger partial charge < -0.3 is 5.32 Å². The van der Waals surface area contributed by atoms with Gasteiger partial charge in [-0.25, -0.2) is 0 Å². The third-order valence-corrected chi connectivity index (χ3v) is 3.98. The number of Topliss-reactive ketones (excluding diaryl/α,β-unsaturated/α-hetero) is 1. The van der Waals surface area contributed by atoms with Crippen LogP contribution in [0.15, 0.2) is 18.2 Å². The molecule has 0 aliphatic carbocycles. The molecule has 0 spiro atoms. The number of nitrogens with zero attached hydrogens (tertiary/aromatic N) is 1. The fraction of sp³-hybridized carbons (Fsp3) is 0.500. The largest absolute Gasteiger partial charge is 0.315 e. The molecule has 0 aromatic heterocycles. The molecule has 0 saturated carbocycles. The first kappa shape index (κ1) is 14.8. The first-order chi connectivity index (χ1) is 9.16. The Morgan fingerprint density at radius 3 is 2.68 bits per heavy atom. The van der Waals surface area contributed by atoms with Crippen LogP contribution in [-0.2, 0) is 11.2 Å². The highest BCUT2D eigenvalue weighted by Crippen LogP contribution is 2.24. The molecule has 19 heavy (non-hydrogen) atoms. The molecular weight excluding hydrogens is 283 g/mol. The molecular formula is C14H18Cl2N2O. The summed E-state index contributed by atoms with van der Waals surface area (Å²) in [6, 6.07) is 5.33. The number of halogens is 2. The van der Waals surface area contributed by atoms with Crippen LogP contribution in [0.1, 0.15) is 12.0 Å². The highest BCUT2D eigenvalue weighted by molar-refractivity contribution is 6.36. The van der Waals surface area contributed by atoms with E-state index in [9.17, 15) is 4.79 Å². The van der Waals surface area contributed by atoms with Crippen molar-refractivity contribution in [2.45, 2.75) is 12.8 Å². The van der Waals surface area contributed by atoms with Crippen LogP contribution >= 0.6 is 23.2 Å². The van der Waals surface area contributed by atoms with E-state index >= 15 is 0 Å². The van der Waals surface area contributed by atoms with E-state index in [0.29, 0.717) is 23.0 Å². The lowest BCUT2D eigenvalue weighted by molar-refractivity contribution is -0.119. The van der Waals surface area contributed by atoms with Gasteiger partial charge in [0.25, 0.3) is 0 Å². The fourth-order valence-corrected chi connectivity index (χ4v) is 2.79. The molecule has 0 radical (unpaired) electrons. The molecule has 2 rings (SSSR count). The topological polar surface area (TPSA) is 32.3 Å². The van der Waals surface area contributed by atoms with Crippen molar-refractivity contribution in [1.29, 1.82) is 0 Å². The van der Waals surface area contributed by atoms with Crippen molar-refractivity contribution in [2.75, 3.05) is 32.7 Å². The molecule has 3 nitrogen and oxygen atoms in total. The lowest BCUT2D eigenvalue weighted by Crippen LogP contribution is -2.33. The van der Waals surface area contributed by atoms with Gasteiger partial charge >= 0.3 is 0 Å². The summed E-state index contributed by atoms with van der Waals surface area (Å²) in [6.45, 7) is 4.33. The number of rotatable bonds is 4. The van der Waals surface area contributed by atoms with Gasteiger partial charge in [0.1, 0.15) is 0 Å². The molecule has 0 amide bonds. The maximum atomic E-state index is 12.1. The summed E-state index contributed by atoms with van der Waals surface area (Å²) in [5.74, 6) is 0.164. The third kappa shape index (κ3) is 4.46. The standard InChI is InChI=1S/C14H18Cl2N2O/c15-13-3-1-4-14(16)12(13)9-11(19)10-18-7-2-5-17-6-8-18/h1,3-4,17H,2,5-10H2. The van der Waals surface area contributed by atoms with E-state index in [1.54, 1.807) is 18.2 Å². The summed E-state index contributed by atoms with van der Waals surface area (Å²) in [5, 5.41) is 4.46. The van der Waals surface area contributed by atoms with E-state index in [4.69, 9.17) is 23.2 Å². The van der Waals surface area contributed by atoms with Gasteiger partial charge in [-0.1, -0.05) is 29.3 Å². The normalized spacial score (nSPS) is 17.2. The number of carbonyl (C=O) groups excluding carboxylic acids is 1. The van der Waals surface area contributed by atoms with Crippen molar-refractivity contribution in [2.24, 2.45) is 0 Å². The number of carbonyl (C=O) groups is 1. The van der Waals surface area contributed by atoms with E-state index in [2.05, 4.69) is 10.2 Å². The second-order valence-corrected chi connectivity index (χ2v) is 5.61. The molecule has 1 saturated heterocycles. The Hall–Kier alpha value is -0.610. The molecule has 104 valence electrons. The molecule has 1 N–H and O–H groups in total. The monoisotopic (exact) mass is 300 g/mol. The van der Waals surface area contributed by atoms with Crippen molar-refractivity contribution in [3.8, 4) is 0 Å². The van der Waals surface area contributed by atoms with Crippen LogP contribution in [0.2, 0.25) is 10.0 Å². The number of nitrogens with one attached hydrogen (secondary N) is 1. The van der Waals surface area contributed by atoms with Crippen LogP contribution in [0.4, 0.5) is 0 Å². The zero-order chi connectivity index (χ0) is 13.7. The minimum absolute atomic E-state index is 0.164. The molecule has 1 fully saturated rings. The minimum Gasteiger partial charge on any atom is -0.315 e. The average molecular weight is 301 g/mol. The number of hydrogen-bond acceptors (Lipinski definition) is 3. The summed E-state index contributed by atoms with van der Waals surface area (Å²) < 4.78 is 0. The van der Waals surface area contributed by atoms with Crippen molar-refractivity contribution in [1.82, 2.24) is 10.2 Å². The lowest BCUT2D eigenvalue weighted by atomic mass is 10.1. The predicted octanol–water partition coefficient (Wildman–Crippen LogP) is 2.40. The molecule has 1 aliphatic heterocycles. The van der Waals surface area contributed by atoms with Crippen molar-refractivity contribution in [3.63, 3.8) is 0 Å². The van der Waals surface area contributed by atoms with Gasteiger partial charge in [-0.05, 0) is 37.2 Å². The number of hydrogen-bond donors (Lipinski definition) is 1. The van der Waals surface area contributed by atoms with Gasteiger partial charge in [-0.2, -0.15) is 0 Å². The fourth-order valence-electron chi connectivity index (χ4n) is 2.26. The van der Waals surface area contributed by atoms with Crippen molar-refractivity contribution in [3.05, 3.63) is 33.8 Å². The lowest BCUT2D eigenvalue weighted by Gasteiger charge is -2.18. The summed E-state index contributed by atoms with van der Waals surface area (Å²) in [4.78, 5) is 14.3. The van der Waals surface area contributed by atoms with Gasteiger partial charge in [-0.15, -0.1) is 0 Å². The van der Waals surface area contributed by atoms with E-state index in [-0.39, 0.29) is 5.78 Å². The van der Waals surface area contributed by atoms with Crippen LogP contribution in [0.5, 0.6) is 0 Å². The number of ketones is 1. The SMILES string of the molecule is O=C(Cc1c(Cl)cccc1Cl)CN1CCCNCC1. The van der Waals surface area contributed by atoms with Gasteiger partial charge in [0.05, 0.1) is 6.54 Å². The Labute approximate surface area is 123 Å². The summed E-state index contributed by atoms with van der Waals surface area (Å²) in [7, 11) is 0. The Morgan fingerprint density at radius 2 is 1.95 bits per heavy atom.